The molecule has 3 aliphatic rings. The summed E-state index contributed by atoms with van der Waals surface area (Å²) in [5.41, 5.74) is 0.182. The Morgan fingerprint density at radius 3 is 2.11 bits per heavy atom. The first-order valence-corrected chi connectivity index (χ1v) is 10.6. The van der Waals surface area contributed by atoms with Crippen LogP contribution >= 0.6 is 0 Å². The van der Waals surface area contributed by atoms with E-state index in [-0.39, 0.29) is 17.4 Å². The molecule has 8 heteroatoms. The number of likely N-dealkylation sites (tertiary alicyclic amines) is 3. The molecule has 0 bridgehead atoms. The van der Waals surface area contributed by atoms with Crippen LogP contribution in [-0.4, -0.2) is 89.6 Å². The average Bonchev–Trinajstić information content (AvgIpc) is 3.06. The molecule has 2 N–H and O–H groups in total. The third-order valence-electron chi connectivity index (χ3n) is 6.56. The first-order chi connectivity index (χ1) is 13.3. The van der Waals surface area contributed by atoms with E-state index in [0.717, 1.165) is 38.9 Å². The fourth-order valence-electron chi connectivity index (χ4n) is 4.91. The van der Waals surface area contributed by atoms with Crippen molar-refractivity contribution in [3.05, 3.63) is 0 Å². The molecule has 3 saturated heterocycles. The smallest absolute Gasteiger partial charge is 0.404 e. The summed E-state index contributed by atoms with van der Waals surface area (Å²) in [6.07, 6.45) is 3.27. The molecule has 3 aliphatic heterocycles. The van der Waals surface area contributed by atoms with Crippen LogP contribution in [0.1, 0.15) is 46.0 Å². The zero-order chi connectivity index (χ0) is 20.3. The molecule has 3 amide bonds. The van der Waals surface area contributed by atoms with Crippen molar-refractivity contribution in [2.75, 3.05) is 45.8 Å². The van der Waals surface area contributed by atoms with E-state index in [1.807, 2.05) is 0 Å². The molecule has 8 nitrogen and oxygen atoms in total. The maximum Gasteiger partial charge on any atom is 0.404 e. The molecular formula is C20H34N4O4. The average molecular weight is 395 g/mol. The molecule has 1 spiro atoms. The van der Waals surface area contributed by atoms with Crippen LogP contribution < -0.4 is 5.32 Å². The zero-order valence-corrected chi connectivity index (χ0v) is 17.2. The quantitative estimate of drug-likeness (QED) is 0.702. The number of hydrogen-bond acceptors (Lipinski definition) is 4. The van der Waals surface area contributed by atoms with Crippen molar-refractivity contribution in [2.24, 2.45) is 11.3 Å². The summed E-state index contributed by atoms with van der Waals surface area (Å²) in [7, 11) is 0. The van der Waals surface area contributed by atoms with Crippen LogP contribution in [0.3, 0.4) is 0 Å². The van der Waals surface area contributed by atoms with Crippen LogP contribution in [0.25, 0.3) is 0 Å². The van der Waals surface area contributed by atoms with Crippen LogP contribution in [0.4, 0.5) is 4.79 Å². The van der Waals surface area contributed by atoms with E-state index in [1.165, 1.54) is 0 Å². The molecular weight excluding hydrogens is 360 g/mol. The number of hydrogen-bond donors (Lipinski definition) is 2. The van der Waals surface area contributed by atoms with Crippen LogP contribution in [0, 0.1) is 11.3 Å². The van der Waals surface area contributed by atoms with Gasteiger partial charge in [0.15, 0.2) is 0 Å². The number of rotatable bonds is 3. The summed E-state index contributed by atoms with van der Waals surface area (Å²) in [6, 6.07) is -0.136. The molecule has 3 heterocycles. The van der Waals surface area contributed by atoms with Gasteiger partial charge in [0.05, 0.1) is 0 Å². The first-order valence-electron chi connectivity index (χ1n) is 10.6. The molecule has 0 radical (unpaired) electrons. The van der Waals surface area contributed by atoms with Gasteiger partial charge in [0.25, 0.3) is 0 Å². The van der Waals surface area contributed by atoms with Gasteiger partial charge in [0, 0.05) is 38.8 Å². The minimum absolute atomic E-state index is 0.136. The lowest BCUT2D eigenvalue weighted by molar-refractivity contribution is -0.152. The van der Waals surface area contributed by atoms with E-state index < -0.39 is 12.0 Å². The normalized spacial score (nSPS) is 23.4. The van der Waals surface area contributed by atoms with Crippen LogP contribution in [-0.2, 0) is 9.59 Å². The Morgan fingerprint density at radius 1 is 0.964 bits per heavy atom. The largest absolute Gasteiger partial charge is 0.465 e. The van der Waals surface area contributed by atoms with Crippen molar-refractivity contribution < 1.29 is 19.5 Å². The Labute approximate surface area is 167 Å². The minimum Gasteiger partial charge on any atom is -0.465 e. The highest BCUT2D eigenvalue weighted by atomic mass is 16.4. The molecule has 0 unspecified atom stereocenters. The van der Waals surface area contributed by atoms with Crippen LogP contribution in [0.5, 0.6) is 0 Å². The molecule has 0 aromatic carbocycles. The summed E-state index contributed by atoms with van der Waals surface area (Å²) in [5, 5.41) is 11.3. The van der Waals surface area contributed by atoms with E-state index >= 15 is 0 Å². The van der Waals surface area contributed by atoms with Gasteiger partial charge in [-0.25, -0.2) is 4.79 Å². The van der Waals surface area contributed by atoms with Gasteiger partial charge in [-0.1, -0.05) is 13.8 Å². The second-order valence-corrected chi connectivity index (χ2v) is 9.19. The van der Waals surface area contributed by atoms with E-state index in [9.17, 15) is 14.4 Å². The van der Waals surface area contributed by atoms with Gasteiger partial charge < -0.3 is 25.1 Å². The Balaban J connectivity index is 1.47. The predicted molar refractivity (Wildman–Crippen MR) is 105 cm³/mol. The molecule has 0 aromatic rings. The Kier molecular flexibility index (Phi) is 6.47. The lowest BCUT2D eigenvalue weighted by atomic mass is 9.77. The minimum atomic E-state index is -1.04. The number of carbonyl (C=O) groups is 3. The molecule has 0 atom stereocenters. The Bertz CT molecular complexity index is 593. The summed E-state index contributed by atoms with van der Waals surface area (Å²) in [6.45, 7) is 10.0. The van der Waals surface area contributed by atoms with Crippen LogP contribution in [0.2, 0.25) is 0 Å². The second-order valence-electron chi connectivity index (χ2n) is 9.19. The molecule has 0 aliphatic carbocycles. The number of piperidine rings is 2. The number of carbonyl (C=O) groups excluding carboxylic acids is 2. The van der Waals surface area contributed by atoms with Gasteiger partial charge in [-0.05, 0) is 56.5 Å². The van der Waals surface area contributed by atoms with Gasteiger partial charge in [-0.15, -0.1) is 0 Å². The monoisotopic (exact) mass is 394 g/mol. The summed E-state index contributed by atoms with van der Waals surface area (Å²) < 4.78 is 0. The maximum atomic E-state index is 12.8. The molecule has 3 rings (SSSR count). The summed E-state index contributed by atoms with van der Waals surface area (Å²) in [4.78, 5) is 42.0. The third kappa shape index (κ3) is 4.96. The van der Waals surface area contributed by atoms with Crippen LogP contribution in [0.15, 0.2) is 0 Å². The molecule has 3 fully saturated rings. The van der Waals surface area contributed by atoms with Crippen molar-refractivity contribution in [2.45, 2.75) is 52.0 Å². The van der Waals surface area contributed by atoms with E-state index in [0.29, 0.717) is 44.9 Å². The standard InChI is InChI=1S/C20H34N4O4/c1-15(2)13-22-10-5-20(6-11-22)7-12-24(14-20)18(26)17(25)23-8-3-16(4-9-23)21-19(27)28/h15-16,21H,3-14H2,1-2H3,(H,27,28). The fraction of sp³-hybridized carbons (Fsp3) is 0.850. The topological polar surface area (TPSA) is 93.2 Å². The maximum absolute atomic E-state index is 12.8. The highest BCUT2D eigenvalue weighted by molar-refractivity contribution is 6.35. The lowest BCUT2D eigenvalue weighted by Gasteiger charge is -2.40. The Morgan fingerprint density at radius 2 is 1.54 bits per heavy atom. The highest BCUT2D eigenvalue weighted by Gasteiger charge is 2.44. The Hall–Kier alpha value is -1.83. The van der Waals surface area contributed by atoms with Gasteiger partial charge in [0.1, 0.15) is 0 Å². The SMILES string of the molecule is CC(C)CN1CCC2(CC1)CCN(C(=O)C(=O)N1CCC(NC(=O)O)CC1)C2. The molecule has 28 heavy (non-hydrogen) atoms. The molecule has 0 aromatic heterocycles. The number of nitrogens with one attached hydrogen (secondary N) is 1. The van der Waals surface area contributed by atoms with E-state index in [2.05, 4.69) is 24.1 Å². The third-order valence-corrected chi connectivity index (χ3v) is 6.56. The predicted octanol–water partition coefficient (Wildman–Crippen LogP) is 1.22. The second kappa shape index (κ2) is 8.68. The molecule has 0 saturated carbocycles. The van der Waals surface area contributed by atoms with Crippen molar-refractivity contribution in [1.29, 1.82) is 0 Å². The highest BCUT2D eigenvalue weighted by Crippen LogP contribution is 2.40. The zero-order valence-electron chi connectivity index (χ0n) is 17.2. The van der Waals surface area contributed by atoms with Gasteiger partial charge in [-0.3, -0.25) is 9.59 Å². The van der Waals surface area contributed by atoms with Crippen molar-refractivity contribution in [1.82, 2.24) is 20.0 Å². The number of carboxylic acid groups (broad SMARTS) is 1. The first kappa shape index (κ1) is 20.9. The number of nitrogens with zero attached hydrogens (tertiary/aromatic N) is 3. The van der Waals surface area contributed by atoms with Crippen molar-refractivity contribution in [3.8, 4) is 0 Å². The van der Waals surface area contributed by atoms with Crippen molar-refractivity contribution in [3.63, 3.8) is 0 Å². The lowest BCUT2D eigenvalue weighted by Crippen LogP contribution is -2.51. The summed E-state index contributed by atoms with van der Waals surface area (Å²) >= 11 is 0. The summed E-state index contributed by atoms with van der Waals surface area (Å²) in [5.74, 6) is -0.141. The number of amides is 3. The van der Waals surface area contributed by atoms with E-state index in [4.69, 9.17) is 5.11 Å². The van der Waals surface area contributed by atoms with E-state index in [1.54, 1.807) is 9.80 Å². The van der Waals surface area contributed by atoms with Gasteiger partial charge >= 0.3 is 17.9 Å². The fourth-order valence-corrected chi connectivity index (χ4v) is 4.91. The van der Waals surface area contributed by atoms with Crippen molar-refractivity contribution >= 4 is 17.9 Å². The van der Waals surface area contributed by atoms with Gasteiger partial charge in [0.2, 0.25) is 0 Å². The molecule has 158 valence electrons. The van der Waals surface area contributed by atoms with Gasteiger partial charge in [-0.2, -0.15) is 0 Å².